The van der Waals surface area contributed by atoms with E-state index in [4.69, 9.17) is 4.74 Å². The molecule has 0 bridgehead atoms. The molecule has 1 atom stereocenters. The molecule has 2 fully saturated rings. The number of hydrogen-bond donors (Lipinski definition) is 0. The molecule has 80 valence electrons. The van der Waals surface area contributed by atoms with Crippen LogP contribution in [0.25, 0.3) is 0 Å². The van der Waals surface area contributed by atoms with Gasteiger partial charge in [-0.15, -0.1) is 0 Å². The summed E-state index contributed by atoms with van der Waals surface area (Å²) in [6.07, 6.45) is 1.25. The standard InChI is InChI=1S/C10H18N2O2/c1-11-5-8(6-11)10(13)12-4-3-9(7-12)14-2/h8-9H,3-7H2,1-2H3. The van der Waals surface area contributed by atoms with Crippen LogP contribution >= 0.6 is 0 Å². The van der Waals surface area contributed by atoms with Gasteiger partial charge in [-0.3, -0.25) is 4.79 Å². The average Bonchev–Trinajstić information content (AvgIpc) is 2.60. The molecule has 14 heavy (non-hydrogen) atoms. The van der Waals surface area contributed by atoms with Crippen LogP contribution in [0.5, 0.6) is 0 Å². The smallest absolute Gasteiger partial charge is 0.228 e. The second-order valence-corrected chi connectivity index (χ2v) is 4.35. The quantitative estimate of drug-likeness (QED) is 0.616. The number of hydrogen-bond acceptors (Lipinski definition) is 3. The molecule has 1 unspecified atom stereocenters. The van der Waals surface area contributed by atoms with Crippen LogP contribution in [0.2, 0.25) is 0 Å². The summed E-state index contributed by atoms with van der Waals surface area (Å²) in [5.74, 6) is 0.568. The molecule has 1 amide bonds. The Labute approximate surface area is 84.8 Å². The first-order valence-corrected chi connectivity index (χ1v) is 5.21. The van der Waals surface area contributed by atoms with Gasteiger partial charge < -0.3 is 14.5 Å². The molecule has 4 heteroatoms. The molecular formula is C10H18N2O2. The zero-order valence-electron chi connectivity index (χ0n) is 8.90. The number of carbonyl (C=O) groups excluding carboxylic acids is 1. The molecule has 2 aliphatic heterocycles. The van der Waals surface area contributed by atoms with E-state index in [1.165, 1.54) is 0 Å². The molecular weight excluding hydrogens is 180 g/mol. The molecule has 0 spiro atoms. The number of rotatable bonds is 2. The van der Waals surface area contributed by atoms with Gasteiger partial charge in [0.05, 0.1) is 12.0 Å². The van der Waals surface area contributed by atoms with Crippen LogP contribution in [0, 0.1) is 5.92 Å². The van der Waals surface area contributed by atoms with Gasteiger partial charge in [-0.1, -0.05) is 0 Å². The molecule has 2 heterocycles. The SMILES string of the molecule is COC1CCN(C(=O)C2CN(C)C2)C1. The van der Waals surface area contributed by atoms with Crippen molar-refractivity contribution >= 4 is 5.91 Å². The molecule has 2 saturated heterocycles. The lowest BCUT2D eigenvalue weighted by molar-refractivity contribution is -0.139. The maximum absolute atomic E-state index is 11.9. The van der Waals surface area contributed by atoms with Crippen molar-refractivity contribution in [2.45, 2.75) is 12.5 Å². The summed E-state index contributed by atoms with van der Waals surface area (Å²) in [7, 11) is 3.77. The highest BCUT2D eigenvalue weighted by Crippen LogP contribution is 2.20. The van der Waals surface area contributed by atoms with Crippen molar-refractivity contribution in [3.05, 3.63) is 0 Å². The van der Waals surface area contributed by atoms with E-state index in [1.54, 1.807) is 7.11 Å². The summed E-state index contributed by atoms with van der Waals surface area (Å²) in [5.41, 5.74) is 0. The number of carbonyl (C=O) groups is 1. The third kappa shape index (κ3) is 1.77. The molecule has 0 aromatic carbocycles. The van der Waals surface area contributed by atoms with E-state index in [0.717, 1.165) is 32.6 Å². The van der Waals surface area contributed by atoms with Crippen molar-refractivity contribution in [2.75, 3.05) is 40.3 Å². The van der Waals surface area contributed by atoms with Crippen LogP contribution < -0.4 is 0 Å². The Morgan fingerprint density at radius 2 is 2.07 bits per heavy atom. The molecule has 0 N–H and O–H groups in total. The zero-order valence-corrected chi connectivity index (χ0v) is 8.90. The van der Waals surface area contributed by atoms with Gasteiger partial charge in [-0.25, -0.2) is 0 Å². The third-order valence-electron chi connectivity index (χ3n) is 3.20. The highest BCUT2D eigenvalue weighted by molar-refractivity contribution is 5.80. The predicted octanol–water partition coefficient (Wildman–Crippen LogP) is -0.205. The first kappa shape index (κ1) is 9.93. The number of methoxy groups -OCH3 is 1. The van der Waals surface area contributed by atoms with Crippen molar-refractivity contribution in [3.8, 4) is 0 Å². The van der Waals surface area contributed by atoms with Crippen molar-refractivity contribution in [1.29, 1.82) is 0 Å². The largest absolute Gasteiger partial charge is 0.380 e. The minimum absolute atomic E-state index is 0.246. The predicted molar refractivity (Wildman–Crippen MR) is 53.0 cm³/mol. The Bertz CT molecular complexity index is 226. The van der Waals surface area contributed by atoms with E-state index in [2.05, 4.69) is 4.90 Å². The minimum atomic E-state index is 0.246. The van der Waals surface area contributed by atoms with Crippen LogP contribution in [-0.2, 0) is 9.53 Å². The van der Waals surface area contributed by atoms with E-state index >= 15 is 0 Å². The fourth-order valence-electron chi connectivity index (χ4n) is 2.23. The Morgan fingerprint density at radius 3 is 2.57 bits per heavy atom. The monoisotopic (exact) mass is 198 g/mol. The van der Waals surface area contributed by atoms with Gasteiger partial charge in [0, 0.05) is 33.3 Å². The third-order valence-corrected chi connectivity index (χ3v) is 3.20. The Kier molecular flexibility index (Phi) is 2.74. The maximum atomic E-state index is 11.9. The highest BCUT2D eigenvalue weighted by atomic mass is 16.5. The van der Waals surface area contributed by atoms with Gasteiger partial charge in [-0.2, -0.15) is 0 Å². The van der Waals surface area contributed by atoms with Gasteiger partial charge in [0.2, 0.25) is 5.91 Å². The number of amides is 1. The van der Waals surface area contributed by atoms with E-state index < -0.39 is 0 Å². The van der Waals surface area contributed by atoms with Crippen LogP contribution in [-0.4, -0.2) is 62.1 Å². The van der Waals surface area contributed by atoms with E-state index in [1.807, 2.05) is 11.9 Å². The summed E-state index contributed by atoms with van der Waals surface area (Å²) >= 11 is 0. The normalized spacial score (nSPS) is 29.3. The van der Waals surface area contributed by atoms with Crippen molar-refractivity contribution in [3.63, 3.8) is 0 Å². The van der Waals surface area contributed by atoms with Gasteiger partial charge in [-0.05, 0) is 13.5 Å². The summed E-state index contributed by atoms with van der Waals surface area (Å²) in [5, 5.41) is 0. The minimum Gasteiger partial charge on any atom is -0.380 e. The molecule has 2 rings (SSSR count). The average molecular weight is 198 g/mol. The second kappa shape index (κ2) is 3.87. The van der Waals surface area contributed by atoms with Crippen LogP contribution in [0.15, 0.2) is 0 Å². The molecule has 0 aromatic rings. The topological polar surface area (TPSA) is 32.8 Å². The van der Waals surface area contributed by atoms with Crippen LogP contribution in [0.1, 0.15) is 6.42 Å². The second-order valence-electron chi connectivity index (χ2n) is 4.35. The number of nitrogens with zero attached hydrogens (tertiary/aromatic N) is 2. The molecule has 0 aromatic heterocycles. The van der Waals surface area contributed by atoms with Gasteiger partial charge >= 0.3 is 0 Å². The van der Waals surface area contributed by atoms with Gasteiger partial charge in [0.1, 0.15) is 0 Å². The Hall–Kier alpha value is -0.610. The fraction of sp³-hybridized carbons (Fsp3) is 0.900. The lowest BCUT2D eigenvalue weighted by atomic mass is 10.00. The summed E-state index contributed by atoms with van der Waals surface area (Å²) in [6.45, 7) is 3.51. The summed E-state index contributed by atoms with van der Waals surface area (Å²) in [4.78, 5) is 16.0. The van der Waals surface area contributed by atoms with E-state index in [9.17, 15) is 4.79 Å². The molecule has 0 radical (unpaired) electrons. The van der Waals surface area contributed by atoms with Crippen molar-refractivity contribution in [1.82, 2.24) is 9.80 Å². The van der Waals surface area contributed by atoms with Gasteiger partial charge in [0.25, 0.3) is 0 Å². The Balaban J connectivity index is 1.82. The Morgan fingerprint density at radius 1 is 1.36 bits per heavy atom. The molecule has 0 saturated carbocycles. The highest BCUT2D eigenvalue weighted by Gasteiger charge is 2.36. The van der Waals surface area contributed by atoms with E-state index in [0.29, 0.717) is 5.91 Å². The first-order valence-electron chi connectivity index (χ1n) is 5.21. The van der Waals surface area contributed by atoms with Crippen LogP contribution in [0.4, 0.5) is 0 Å². The van der Waals surface area contributed by atoms with E-state index in [-0.39, 0.29) is 12.0 Å². The summed E-state index contributed by atoms with van der Waals surface area (Å²) < 4.78 is 5.24. The molecule has 0 aliphatic carbocycles. The first-order chi connectivity index (χ1) is 6.70. The lowest BCUT2D eigenvalue weighted by Gasteiger charge is -2.37. The van der Waals surface area contributed by atoms with Crippen LogP contribution in [0.3, 0.4) is 0 Å². The van der Waals surface area contributed by atoms with Crippen molar-refractivity contribution in [2.24, 2.45) is 5.92 Å². The molecule has 4 nitrogen and oxygen atoms in total. The zero-order chi connectivity index (χ0) is 10.1. The number of likely N-dealkylation sites (tertiary alicyclic amines) is 2. The lowest BCUT2D eigenvalue weighted by Crippen LogP contribution is -2.52. The molecule has 2 aliphatic rings. The maximum Gasteiger partial charge on any atom is 0.228 e. The fourth-order valence-corrected chi connectivity index (χ4v) is 2.23. The van der Waals surface area contributed by atoms with Crippen molar-refractivity contribution < 1.29 is 9.53 Å². The summed E-state index contributed by atoms with van der Waals surface area (Å²) in [6, 6.07) is 0. The number of ether oxygens (including phenoxy) is 1. The van der Waals surface area contributed by atoms with Gasteiger partial charge in [0.15, 0.2) is 0 Å².